The molecule has 0 radical (unpaired) electrons. The summed E-state index contributed by atoms with van der Waals surface area (Å²) in [5.41, 5.74) is 17.2. The molecule has 0 N–H and O–H groups in total. The van der Waals surface area contributed by atoms with Crippen molar-refractivity contribution in [2.24, 2.45) is 0 Å². The molecule has 59 heavy (non-hydrogen) atoms. The molecule has 1 aromatic heterocycles. The van der Waals surface area contributed by atoms with Gasteiger partial charge in [-0.2, -0.15) is 0 Å². The van der Waals surface area contributed by atoms with Crippen LogP contribution in [0.3, 0.4) is 0 Å². The van der Waals surface area contributed by atoms with E-state index < -0.39 is 0 Å². The monoisotopic (exact) mass is 752 g/mol. The molecule has 10 aromatic rings. The lowest BCUT2D eigenvalue weighted by Crippen LogP contribution is -2.15. The van der Waals surface area contributed by atoms with E-state index in [1.54, 1.807) is 0 Å². The second-order valence-electron chi connectivity index (χ2n) is 16.1. The van der Waals surface area contributed by atoms with Crippen molar-refractivity contribution in [3.63, 3.8) is 0 Å². The van der Waals surface area contributed by atoms with Crippen LogP contribution in [0.5, 0.6) is 0 Å². The summed E-state index contributed by atoms with van der Waals surface area (Å²) in [5.74, 6) is 0.699. The topological polar surface area (TPSA) is 25.8 Å². The highest BCUT2D eigenvalue weighted by Gasteiger charge is 2.38. The summed E-state index contributed by atoms with van der Waals surface area (Å²) in [5, 5.41) is 4.91. The predicted octanol–water partition coefficient (Wildman–Crippen LogP) is 15.1. The molecule has 0 unspecified atom stereocenters. The molecule has 0 amide bonds. The maximum absolute atomic E-state index is 5.50. The maximum Gasteiger partial charge on any atom is 0.161 e. The van der Waals surface area contributed by atoms with E-state index in [0.29, 0.717) is 5.82 Å². The molecule has 9 aromatic carbocycles. The first kappa shape index (κ1) is 34.8. The first-order valence-corrected chi connectivity index (χ1v) is 20.4. The molecule has 2 heteroatoms. The van der Waals surface area contributed by atoms with Crippen LogP contribution in [0.4, 0.5) is 0 Å². The zero-order valence-corrected chi connectivity index (χ0v) is 33.0. The van der Waals surface area contributed by atoms with Crippen LogP contribution in [-0.4, -0.2) is 9.97 Å². The minimum Gasteiger partial charge on any atom is -0.228 e. The highest BCUT2D eigenvalue weighted by molar-refractivity contribution is 6.09. The number of nitrogens with zero attached hydrogens (tertiary/aromatic N) is 2. The van der Waals surface area contributed by atoms with Crippen LogP contribution < -0.4 is 0 Å². The van der Waals surface area contributed by atoms with Crippen LogP contribution in [0.15, 0.2) is 206 Å². The molecule has 11 rings (SSSR count). The number of benzene rings is 9. The third-order valence-electron chi connectivity index (χ3n) is 12.3. The summed E-state index contributed by atoms with van der Waals surface area (Å²) < 4.78 is 0. The van der Waals surface area contributed by atoms with Crippen LogP contribution in [-0.2, 0) is 5.41 Å². The highest BCUT2D eigenvalue weighted by Crippen LogP contribution is 2.55. The van der Waals surface area contributed by atoms with Gasteiger partial charge in [-0.15, -0.1) is 0 Å². The predicted molar refractivity (Wildman–Crippen MR) is 247 cm³/mol. The Morgan fingerprint density at radius 3 is 1.66 bits per heavy atom. The number of hydrogen-bond donors (Lipinski definition) is 0. The fourth-order valence-electron chi connectivity index (χ4n) is 9.50. The molecule has 278 valence electrons. The fraction of sp³-hybridized carbons (Fsp3) is 0.0526. The van der Waals surface area contributed by atoms with Gasteiger partial charge in [-0.3, -0.25) is 0 Å². The fourth-order valence-corrected chi connectivity index (χ4v) is 9.50. The van der Waals surface area contributed by atoms with Gasteiger partial charge in [0.2, 0.25) is 0 Å². The van der Waals surface area contributed by atoms with Gasteiger partial charge in [-0.05, 0) is 95.4 Å². The van der Waals surface area contributed by atoms with Crippen molar-refractivity contribution in [1.82, 2.24) is 9.97 Å². The van der Waals surface area contributed by atoms with Crippen LogP contribution in [0, 0.1) is 0 Å². The maximum atomic E-state index is 5.50. The first-order valence-electron chi connectivity index (χ1n) is 20.4. The Hall–Kier alpha value is -7.42. The van der Waals surface area contributed by atoms with Gasteiger partial charge in [-0.25, -0.2) is 9.97 Å². The molecule has 2 nitrogen and oxygen atoms in total. The number of fused-ring (bicyclic) bond motifs is 6. The van der Waals surface area contributed by atoms with Crippen LogP contribution in [0.25, 0.3) is 100.0 Å². The van der Waals surface area contributed by atoms with Gasteiger partial charge in [0.25, 0.3) is 0 Å². The lowest BCUT2D eigenvalue weighted by molar-refractivity contribution is 0.666. The van der Waals surface area contributed by atoms with E-state index in [1.807, 2.05) is 0 Å². The van der Waals surface area contributed by atoms with Gasteiger partial charge in [0.15, 0.2) is 5.82 Å². The third kappa shape index (κ3) is 5.79. The minimum atomic E-state index is -0.143. The molecule has 1 aliphatic rings. The van der Waals surface area contributed by atoms with Gasteiger partial charge < -0.3 is 0 Å². The first-order chi connectivity index (χ1) is 29.0. The largest absolute Gasteiger partial charge is 0.228 e. The van der Waals surface area contributed by atoms with E-state index in [9.17, 15) is 0 Å². The number of aromatic nitrogens is 2. The summed E-state index contributed by atoms with van der Waals surface area (Å²) in [6, 6.07) is 74.2. The van der Waals surface area contributed by atoms with E-state index in [-0.39, 0.29) is 5.41 Å². The lowest BCUT2D eigenvalue weighted by Gasteiger charge is -2.23. The molecule has 0 aliphatic heterocycles. The van der Waals surface area contributed by atoms with Crippen molar-refractivity contribution in [3.8, 4) is 78.4 Å². The molecule has 0 saturated heterocycles. The minimum absolute atomic E-state index is 0.143. The van der Waals surface area contributed by atoms with Gasteiger partial charge in [0, 0.05) is 22.1 Å². The third-order valence-corrected chi connectivity index (χ3v) is 12.3. The number of rotatable bonds is 6. The SMILES string of the molecule is CC1(C)c2cccc(-c3ccc(-c4nc(-c5ccccc5)cc(-c5cc(-c6ccccc6)ccc5-c5ccccc5)n4)c4ccccc34)c2-c2ccc3ccccc3c21. The standard InChI is InChI=1S/C57H40N2/c1-57(2)51-28-16-27-47(54(51)49-32-29-39-21-12-13-24-43(39)55(49)57)46-33-34-48(45-26-15-14-25-44(45)46)56-58-52(40-22-10-5-11-23-40)36-53(59-56)50-35-41(37-17-6-3-7-18-37)30-31-42(50)38-19-8-4-9-20-38/h3-36H,1-2H3. The van der Waals surface area contributed by atoms with E-state index in [1.165, 1.54) is 55.1 Å². The molecular weight excluding hydrogens is 713 g/mol. The summed E-state index contributed by atoms with van der Waals surface area (Å²) in [7, 11) is 0. The zero-order valence-electron chi connectivity index (χ0n) is 33.0. The summed E-state index contributed by atoms with van der Waals surface area (Å²) in [6.45, 7) is 4.75. The van der Waals surface area contributed by atoms with Gasteiger partial charge in [0.1, 0.15) is 0 Å². The molecule has 0 atom stereocenters. The van der Waals surface area contributed by atoms with E-state index in [4.69, 9.17) is 9.97 Å². The van der Waals surface area contributed by atoms with Crippen LogP contribution >= 0.6 is 0 Å². The van der Waals surface area contributed by atoms with E-state index in [2.05, 4.69) is 220 Å². The smallest absolute Gasteiger partial charge is 0.161 e. The Kier molecular flexibility index (Phi) is 8.20. The Morgan fingerprint density at radius 1 is 0.339 bits per heavy atom. The molecule has 0 saturated carbocycles. The Balaban J connectivity index is 1.13. The summed E-state index contributed by atoms with van der Waals surface area (Å²) >= 11 is 0. The quantitative estimate of drug-likeness (QED) is 0.169. The average Bonchev–Trinajstić information content (AvgIpc) is 3.55. The van der Waals surface area contributed by atoms with Crippen molar-refractivity contribution in [2.45, 2.75) is 19.3 Å². The van der Waals surface area contributed by atoms with Crippen molar-refractivity contribution in [3.05, 3.63) is 217 Å². The Bertz CT molecular complexity index is 3220. The highest BCUT2D eigenvalue weighted by atomic mass is 14.9. The van der Waals surface area contributed by atoms with Crippen LogP contribution in [0.2, 0.25) is 0 Å². The van der Waals surface area contributed by atoms with Crippen molar-refractivity contribution in [2.75, 3.05) is 0 Å². The zero-order chi connectivity index (χ0) is 39.5. The Labute approximate surface area is 345 Å². The average molecular weight is 753 g/mol. The second kappa shape index (κ2) is 13.9. The van der Waals surface area contributed by atoms with E-state index in [0.717, 1.165) is 50.2 Å². The van der Waals surface area contributed by atoms with Gasteiger partial charge >= 0.3 is 0 Å². The van der Waals surface area contributed by atoms with Crippen LogP contribution in [0.1, 0.15) is 25.0 Å². The molecule has 1 aliphatic carbocycles. The number of hydrogen-bond acceptors (Lipinski definition) is 2. The molecular formula is C57H40N2. The van der Waals surface area contributed by atoms with Crippen molar-refractivity contribution < 1.29 is 0 Å². The van der Waals surface area contributed by atoms with Gasteiger partial charge in [0.05, 0.1) is 11.4 Å². The lowest BCUT2D eigenvalue weighted by atomic mass is 9.80. The Morgan fingerprint density at radius 2 is 0.915 bits per heavy atom. The summed E-state index contributed by atoms with van der Waals surface area (Å²) in [4.78, 5) is 10.9. The molecule has 0 bridgehead atoms. The molecule has 0 fully saturated rings. The normalized spacial score (nSPS) is 12.7. The van der Waals surface area contributed by atoms with Gasteiger partial charge in [-0.1, -0.05) is 202 Å². The van der Waals surface area contributed by atoms with Crippen molar-refractivity contribution in [1.29, 1.82) is 0 Å². The summed E-state index contributed by atoms with van der Waals surface area (Å²) in [6.07, 6.45) is 0. The molecule has 0 spiro atoms. The van der Waals surface area contributed by atoms with Crippen molar-refractivity contribution >= 4 is 21.5 Å². The van der Waals surface area contributed by atoms with E-state index >= 15 is 0 Å². The second-order valence-corrected chi connectivity index (χ2v) is 16.1. The molecule has 1 heterocycles.